The molecule has 2 rings (SSSR count). The van der Waals surface area contributed by atoms with E-state index in [4.69, 9.17) is 0 Å². The molecule has 1 atom stereocenters. The van der Waals surface area contributed by atoms with Crippen LogP contribution in [0, 0.1) is 6.92 Å². The average molecular weight is 277 g/mol. The minimum absolute atomic E-state index is 0.650. The van der Waals surface area contributed by atoms with Crippen molar-refractivity contribution < 1.29 is 4.21 Å². The first-order valence-electron chi connectivity index (χ1n) is 6.41. The summed E-state index contributed by atoms with van der Waals surface area (Å²) in [6, 6.07) is 10.1. The van der Waals surface area contributed by atoms with Crippen LogP contribution in [0.4, 0.5) is 5.95 Å². The fraction of sp³-hybridized carbons (Fsp3) is 0.357. The second kappa shape index (κ2) is 6.52. The first-order chi connectivity index (χ1) is 9.20. The lowest BCUT2D eigenvalue weighted by Crippen LogP contribution is -2.14. The lowest BCUT2D eigenvalue weighted by atomic mass is 10.3. The molecule has 0 saturated heterocycles. The van der Waals surface area contributed by atoms with E-state index in [9.17, 15) is 4.21 Å². The largest absolute Gasteiger partial charge is 0.354 e. The molecule has 0 fully saturated rings. The summed E-state index contributed by atoms with van der Waals surface area (Å²) in [7, 11) is -0.744. The molecule has 0 saturated carbocycles. The van der Waals surface area contributed by atoms with Crippen LogP contribution >= 0.6 is 0 Å². The topological polar surface area (TPSA) is 46.9 Å². The Hall–Kier alpha value is -1.62. The third-order valence-electron chi connectivity index (χ3n) is 2.80. The highest BCUT2D eigenvalue weighted by Gasteiger charge is 2.07. The van der Waals surface area contributed by atoms with Crippen molar-refractivity contribution in [3.05, 3.63) is 42.2 Å². The summed E-state index contributed by atoms with van der Waals surface area (Å²) in [6.07, 6.45) is 1.99. The van der Waals surface area contributed by atoms with Crippen molar-refractivity contribution >= 4 is 16.7 Å². The molecule has 4 nitrogen and oxygen atoms in total. The molecule has 0 amide bonds. The molecular weight excluding hydrogens is 258 g/mol. The molecule has 19 heavy (non-hydrogen) atoms. The van der Waals surface area contributed by atoms with E-state index in [0.717, 1.165) is 17.3 Å². The fourth-order valence-corrected chi connectivity index (χ4v) is 2.45. The molecule has 0 aliphatic heterocycles. The summed E-state index contributed by atoms with van der Waals surface area (Å²) < 4.78 is 13.4. The monoisotopic (exact) mass is 277 g/mol. The lowest BCUT2D eigenvalue weighted by Gasteiger charge is -2.09. The molecule has 5 heteroatoms. The number of aryl methyl sites for hydroxylation is 1. The van der Waals surface area contributed by atoms with Crippen molar-refractivity contribution in [2.24, 2.45) is 0 Å². The van der Waals surface area contributed by atoms with Crippen LogP contribution in [0.1, 0.15) is 12.6 Å². The van der Waals surface area contributed by atoms with Gasteiger partial charge in [-0.15, -0.1) is 0 Å². The van der Waals surface area contributed by atoms with Crippen LogP contribution in [0.3, 0.4) is 0 Å². The highest BCUT2D eigenvalue weighted by atomic mass is 32.2. The molecule has 2 aromatic rings. The zero-order chi connectivity index (χ0) is 13.7. The average Bonchev–Trinajstić information content (AvgIpc) is 2.80. The summed E-state index contributed by atoms with van der Waals surface area (Å²) >= 11 is 0. The van der Waals surface area contributed by atoms with E-state index in [1.54, 1.807) is 0 Å². The van der Waals surface area contributed by atoms with E-state index in [2.05, 4.69) is 10.3 Å². The molecule has 1 aromatic carbocycles. The van der Waals surface area contributed by atoms with Crippen LogP contribution < -0.4 is 5.32 Å². The molecule has 1 unspecified atom stereocenters. The van der Waals surface area contributed by atoms with Gasteiger partial charge in [0, 0.05) is 40.7 Å². The first kappa shape index (κ1) is 13.8. The van der Waals surface area contributed by atoms with Crippen molar-refractivity contribution in [1.82, 2.24) is 9.55 Å². The smallest absolute Gasteiger partial charge is 0.207 e. The molecule has 0 aliphatic carbocycles. The van der Waals surface area contributed by atoms with Crippen molar-refractivity contribution in [1.29, 1.82) is 0 Å². The third kappa shape index (κ3) is 3.67. The minimum Gasteiger partial charge on any atom is -0.354 e. The highest BCUT2D eigenvalue weighted by molar-refractivity contribution is 7.84. The van der Waals surface area contributed by atoms with Crippen molar-refractivity contribution in [2.75, 3.05) is 23.4 Å². The van der Waals surface area contributed by atoms with E-state index >= 15 is 0 Å². The summed E-state index contributed by atoms with van der Waals surface area (Å²) in [4.78, 5) is 4.46. The summed E-state index contributed by atoms with van der Waals surface area (Å²) in [6.45, 7) is 4.57. The number of hydrogen-bond donors (Lipinski definition) is 1. The predicted octanol–water partition coefficient (Wildman–Crippen LogP) is 2.36. The van der Waals surface area contributed by atoms with E-state index in [1.165, 1.54) is 0 Å². The van der Waals surface area contributed by atoms with Gasteiger partial charge in [0.05, 0.1) is 5.69 Å². The Labute approximate surface area is 116 Å². The van der Waals surface area contributed by atoms with E-state index in [0.29, 0.717) is 18.1 Å². The second-order valence-electron chi connectivity index (χ2n) is 4.27. The first-order valence-corrected chi connectivity index (χ1v) is 7.89. The number of anilines is 1. The lowest BCUT2D eigenvalue weighted by molar-refractivity contribution is 0.684. The predicted molar refractivity (Wildman–Crippen MR) is 80.3 cm³/mol. The maximum Gasteiger partial charge on any atom is 0.207 e. The van der Waals surface area contributed by atoms with Gasteiger partial charge in [-0.25, -0.2) is 4.98 Å². The Kier molecular flexibility index (Phi) is 4.74. The number of nitrogens with one attached hydrogen (secondary N) is 1. The summed E-state index contributed by atoms with van der Waals surface area (Å²) in [5.74, 6) is 2.15. The van der Waals surface area contributed by atoms with Crippen LogP contribution in [0.5, 0.6) is 0 Å². The van der Waals surface area contributed by atoms with Gasteiger partial charge in [0.25, 0.3) is 0 Å². The molecule has 1 N–H and O–H groups in total. The molecule has 0 radical (unpaired) electrons. The van der Waals surface area contributed by atoms with E-state index in [1.807, 2.05) is 54.9 Å². The zero-order valence-electron chi connectivity index (χ0n) is 11.3. The van der Waals surface area contributed by atoms with Crippen molar-refractivity contribution in [3.63, 3.8) is 0 Å². The number of benzene rings is 1. The van der Waals surface area contributed by atoms with Gasteiger partial charge in [-0.1, -0.05) is 25.1 Å². The Morgan fingerprint density at radius 1 is 1.32 bits per heavy atom. The number of imidazole rings is 1. The minimum atomic E-state index is -0.744. The molecule has 1 heterocycles. The molecule has 0 spiro atoms. The van der Waals surface area contributed by atoms with E-state index in [-0.39, 0.29) is 0 Å². The van der Waals surface area contributed by atoms with Gasteiger partial charge in [0.1, 0.15) is 0 Å². The number of rotatable bonds is 6. The SMILES string of the molecule is CCS(=O)CCNc1nc(C)cn1-c1ccccc1. The number of aromatic nitrogens is 2. The Morgan fingerprint density at radius 3 is 2.74 bits per heavy atom. The molecule has 102 valence electrons. The van der Waals surface area contributed by atoms with Crippen LogP contribution in [0.25, 0.3) is 5.69 Å². The van der Waals surface area contributed by atoms with Crippen molar-refractivity contribution in [2.45, 2.75) is 13.8 Å². The van der Waals surface area contributed by atoms with Gasteiger partial charge in [-0.05, 0) is 19.1 Å². The molecule has 0 aliphatic rings. The van der Waals surface area contributed by atoms with Gasteiger partial charge in [-0.3, -0.25) is 8.78 Å². The Morgan fingerprint density at radius 2 is 2.05 bits per heavy atom. The summed E-state index contributed by atoms with van der Waals surface area (Å²) in [5, 5.41) is 3.26. The van der Waals surface area contributed by atoms with Crippen molar-refractivity contribution in [3.8, 4) is 5.69 Å². The maximum atomic E-state index is 11.4. The van der Waals surface area contributed by atoms with Crippen LogP contribution in [-0.2, 0) is 10.8 Å². The van der Waals surface area contributed by atoms with Crippen LogP contribution in [-0.4, -0.2) is 31.8 Å². The Bertz CT molecular complexity index is 551. The second-order valence-corrected chi connectivity index (χ2v) is 6.14. The normalized spacial score (nSPS) is 12.3. The standard InChI is InChI=1S/C14H19N3OS/c1-3-19(18)10-9-15-14-16-12(2)11-17(14)13-7-5-4-6-8-13/h4-8,11H,3,9-10H2,1-2H3,(H,15,16). The van der Waals surface area contributed by atoms with E-state index < -0.39 is 10.8 Å². The third-order valence-corrected chi connectivity index (χ3v) is 4.10. The molecule has 1 aromatic heterocycles. The van der Waals surface area contributed by atoms with Crippen LogP contribution in [0.2, 0.25) is 0 Å². The highest BCUT2D eigenvalue weighted by Crippen LogP contribution is 2.15. The number of para-hydroxylation sites is 1. The Balaban J connectivity index is 2.11. The van der Waals surface area contributed by atoms with Gasteiger partial charge >= 0.3 is 0 Å². The zero-order valence-corrected chi connectivity index (χ0v) is 12.1. The summed E-state index contributed by atoms with van der Waals surface area (Å²) in [5.41, 5.74) is 2.03. The number of nitrogens with zero attached hydrogens (tertiary/aromatic N) is 2. The quantitative estimate of drug-likeness (QED) is 0.881. The number of hydrogen-bond acceptors (Lipinski definition) is 3. The van der Waals surface area contributed by atoms with Gasteiger partial charge in [0.15, 0.2) is 0 Å². The van der Waals surface area contributed by atoms with Gasteiger partial charge in [-0.2, -0.15) is 0 Å². The van der Waals surface area contributed by atoms with Gasteiger partial charge in [0.2, 0.25) is 5.95 Å². The van der Waals surface area contributed by atoms with Crippen LogP contribution in [0.15, 0.2) is 36.5 Å². The molecule has 0 bridgehead atoms. The van der Waals surface area contributed by atoms with Gasteiger partial charge < -0.3 is 5.32 Å². The fourth-order valence-electron chi connectivity index (χ4n) is 1.83. The molecular formula is C14H19N3OS. The maximum absolute atomic E-state index is 11.4.